The second-order valence-electron chi connectivity index (χ2n) is 4.54. The Bertz CT molecular complexity index is 301. The number of hydrogen-bond acceptors (Lipinski definition) is 1. The minimum absolute atomic E-state index is 0.997. The van der Waals surface area contributed by atoms with Crippen molar-refractivity contribution in [1.29, 1.82) is 0 Å². The summed E-state index contributed by atoms with van der Waals surface area (Å²) in [5.74, 6) is 0. The van der Waals surface area contributed by atoms with Crippen LogP contribution in [0.1, 0.15) is 46.5 Å². The Labute approximate surface area is 107 Å². The van der Waals surface area contributed by atoms with Crippen molar-refractivity contribution in [1.82, 2.24) is 0 Å². The van der Waals surface area contributed by atoms with E-state index in [2.05, 4.69) is 39.5 Å². The van der Waals surface area contributed by atoms with E-state index in [0.717, 1.165) is 31.3 Å². The molecule has 0 amide bonds. The third kappa shape index (κ3) is 9.68. The van der Waals surface area contributed by atoms with Crippen LogP contribution in [0.15, 0.2) is 47.8 Å². The van der Waals surface area contributed by atoms with E-state index < -0.39 is 0 Å². The van der Waals surface area contributed by atoms with Gasteiger partial charge in [-0.15, -0.1) is 0 Å². The molecule has 0 heterocycles. The van der Waals surface area contributed by atoms with E-state index in [-0.39, 0.29) is 0 Å². The zero-order valence-corrected chi connectivity index (χ0v) is 11.8. The SMILES string of the molecule is C=C/C(=C/OC)CC/C=C(\C)CCC=C(C)C. The molecule has 1 heteroatoms. The molecule has 0 atom stereocenters. The van der Waals surface area contributed by atoms with Crippen LogP contribution in [0.2, 0.25) is 0 Å². The lowest BCUT2D eigenvalue weighted by Crippen LogP contribution is -1.82. The second-order valence-corrected chi connectivity index (χ2v) is 4.54. The molecular formula is C16H26O. The molecule has 0 aliphatic rings. The summed E-state index contributed by atoms with van der Waals surface area (Å²) in [5.41, 5.74) is 4.01. The Morgan fingerprint density at radius 3 is 2.24 bits per heavy atom. The Hall–Kier alpha value is -1.24. The molecule has 0 bridgehead atoms. The molecule has 0 aromatic carbocycles. The van der Waals surface area contributed by atoms with Crippen molar-refractivity contribution in [3.63, 3.8) is 0 Å². The van der Waals surface area contributed by atoms with Gasteiger partial charge in [-0.25, -0.2) is 0 Å². The predicted octanol–water partition coefficient (Wildman–Crippen LogP) is 5.18. The molecule has 0 aromatic rings. The van der Waals surface area contributed by atoms with Gasteiger partial charge in [-0.3, -0.25) is 0 Å². The van der Waals surface area contributed by atoms with E-state index in [1.54, 1.807) is 13.4 Å². The molecule has 1 nitrogen and oxygen atoms in total. The lowest BCUT2D eigenvalue weighted by molar-refractivity contribution is 0.334. The van der Waals surface area contributed by atoms with Crippen molar-refractivity contribution in [2.45, 2.75) is 46.5 Å². The van der Waals surface area contributed by atoms with Crippen molar-refractivity contribution in [2.75, 3.05) is 7.11 Å². The first-order valence-corrected chi connectivity index (χ1v) is 6.23. The van der Waals surface area contributed by atoms with Gasteiger partial charge in [-0.05, 0) is 52.0 Å². The normalized spacial score (nSPS) is 12.2. The van der Waals surface area contributed by atoms with Gasteiger partial charge in [0.1, 0.15) is 0 Å². The van der Waals surface area contributed by atoms with E-state index >= 15 is 0 Å². The standard InChI is InChI=1S/C16H26O/c1-6-16(13-17-5)12-8-11-15(4)10-7-9-14(2)3/h6,9,11,13H,1,7-8,10,12H2,2-5H3/b15-11+,16-13-. The van der Waals surface area contributed by atoms with Gasteiger partial charge in [0.25, 0.3) is 0 Å². The maximum atomic E-state index is 4.98. The Morgan fingerprint density at radius 2 is 1.71 bits per heavy atom. The summed E-state index contributed by atoms with van der Waals surface area (Å²) in [6, 6.07) is 0. The van der Waals surface area contributed by atoms with Crippen LogP contribution in [0, 0.1) is 0 Å². The molecule has 0 saturated heterocycles. The number of allylic oxidation sites excluding steroid dienone is 6. The van der Waals surface area contributed by atoms with Crippen LogP contribution in [-0.4, -0.2) is 7.11 Å². The summed E-state index contributed by atoms with van der Waals surface area (Å²) in [4.78, 5) is 0. The number of ether oxygens (including phenoxy) is 1. The number of hydrogen-bond donors (Lipinski definition) is 0. The lowest BCUT2D eigenvalue weighted by atomic mass is 10.1. The van der Waals surface area contributed by atoms with E-state index in [1.165, 1.54) is 11.1 Å². The fourth-order valence-corrected chi connectivity index (χ4v) is 1.54. The van der Waals surface area contributed by atoms with Gasteiger partial charge in [0.2, 0.25) is 0 Å². The molecule has 96 valence electrons. The molecule has 0 radical (unpaired) electrons. The third-order valence-corrected chi connectivity index (χ3v) is 2.55. The van der Waals surface area contributed by atoms with Crippen molar-refractivity contribution in [3.05, 3.63) is 47.8 Å². The van der Waals surface area contributed by atoms with Crippen LogP contribution in [0.5, 0.6) is 0 Å². The van der Waals surface area contributed by atoms with E-state index in [1.807, 2.05) is 6.08 Å². The van der Waals surface area contributed by atoms with Gasteiger partial charge in [0, 0.05) is 0 Å². The Morgan fingerprint density at radius 1 is 1.06 bits per heavy atom. The van der Waals surface area contributed by atoms with Gasteiger partial charge < -0.3 is 4.74 Å². The fraction of sp³-hybridized carbons (Fsp3) is 0.500. The summed E-state index contributed by atoms with van der Waals surface area (Å²) in [6.45, 7) is 10.3. The molecule has 0 aliphatic carbocycles. The summed E-state index contributed by atoms with van der Waals surface area (Å²) in [5, 5.41) is 0. The summed E-state index contributed by atoms with van der Waals surface area (Å²) >= 11 is 0. The quantitative estimate of drug-likeness (QED) is 0.319. The first-order valence-electron chi connectivity index (χ1n) is 6.23. The molecule has 0 saturated carbocycles. The monoisotopic (exact) mass is 234 g/mol. The second kappa shape index (κ2) is 9.95. The minimum atomic E-state index is 0.997. The Kier molecular flexibility index (Phi) is 9.22. The highest BCUT2D eigenvalue weighted by atomic mass is 16.5. The number of methoxy groups -OCH3 is 1. The first kappa shape index (κ1) is 15.8. The predicted molar refractivity (Wildman–Crippen MR) is 76.9 cm³/mol. The summed E-state index contributed by atoms with van der Waals surface area (Å²) < 4.78 is 4.98. The van der Waals surface area contributed by atoms with Gasteiger partial charge in [-0.1, -0.05) is 36.0 Å². The van der Waals surface area contributed by atoms with Crippen LogP contribution in [0.3, 0.4) is 0 Å². The lowest BCUT2D eigenvalue weighted by Gasteiger charge is -2.01. The molecular weight excluding hydrogens is 208 g/mol. The topological polar surface area (TPSA) is 9.23 Å². The highest BCUT2D eigenvalue weighted by Gasteiger charge is 1.93. The smallest absolute Gasteiger partial charge is 0.0856 e. The maximum absolute atomic E-state index is 4.98. The van der Waals surface area contributed by atoms with Gasteiger partial charge >= 0.3 is 0 Å². The van der Waals surface area contributed by atoms with Gasteiger partial charge in [0.15, 0.2) is 0 Å². The summed E-state index contributed by atoms with van der Waals surface area (Å²) in [7, 11) is 1.67. The average molecular weight is 234 g/mol. The van der Waals surface area contributed by atoms with Crippen molar-refractivity contribution < 1.29 is 4.74 Å². The van der Waals surface area contributed by atoms with Crippen LogP contribution >= 0.6 is 0 Å². The van der Waals surface area contributed by atoms with Crippen LogP contribution in [-0.2, 0) is 4.74 Å². The van der Waals surface area contributed by atoms with Crippen molar-refractivity contribution >= 4 is 0 Å². The molecule has 0 rings (SSSR count). The first-order chi connectivity index (χ1) is 8.10. The molecule has 0 fully saturated rings. The zero-order valence-electron chi connectivity index (χ0n) is 11.8. The molecule has 0 spiro atoms. The van der Waals surface area contributed by atoms with Crippen molar-refractivity contribution in [3.8, 4) is 0 Å². The largest absolute Gasteiger partial charge is 0.504 e. The van der Waals surface area contributed by atoms with E-state index in [0.29, 0.717) is 0 Å². The molecule has 0 unspecified atom stereocenters. The molecule has 0 N–H and O–H groups in total. The molecule has 0 aromatic heterocycles. The van der Waals surface area contributed by atoms with Crippen LogP contribution in [0.4, 0.5) is 0 Å². The van der Waals surface area contributed by atoms with E-state index in [9.17, 15) is 0 Å². The van der Waals surface area contributed by atoms with Crippen LogP contribution < -0.4 is 0 Å². The zero-order chi connectivity index (χ0) is 13.1. The van der Waals surface area contributed by atoms with E-state index in [4.69, 9.17) is 4.74 Å². The fourth-order valence-electron chi connectivity index (χ4n) is 1.54. The summed E-state index contributed by atoms with van der Waals surface area (Å²) in [6.07, 6.45) is 12.6. The van der Waals surface area contributed by atoms with Gasteiger partial charge in [0.05, 0.1) is 13.4 Å². The molecule has 0 aliphatic heterocycles. The average Bonchev–Trinajstić information content (AvgIpc) is 2.27. The molecule has 17 heavy (non-hydrogen) atoms. The minimum Gasteiger partial charge on any atom is -0.504 e. The van der Waals surface area contributed by atoms with Crippen molar-refractivity contribution in [2.24, 2.45) is 0 Å². The highest BCUT2D eigenvalue weighted by Crippen LogP contribution is 2.12. The van der Waals surface area contributed by atoms with Crippen LogP contribution in [0.25, 0.3) is 0 Å². The van der Waals surface area contributed by atoms with Gasteiger partial charge in [-0.2, -0.15) is 0 Å². The third-order valence-electron chi connectivity index (χ3n) is 2.55. The number of rotatable bonds is 8. The highest BCUT2D eigenvalue weighted by molar-refractivity contribution is 5.15. The maximum Gasteiger partial charge on any atom is 0.0856 e. The Balaban J connectivity index is 3.95.